The molecule has 1 fully saturated rings. The van der Waals surface area contributed by atoms with Gasteiger partial charge >= 0.3 is 15.6 Å². The lowest BCUT2D eigenvalue weighted by molar-refractivity contribution is -0.291. The number of ether oxygens (including phenoxy) is 3. The van der Waals surface area contributed by atoms with Crippen molar-refractivity contribution < 1.29 is 53.9 Å². The van der Waals surface area contributed by atoms with Gasteiger partial charge in [0.1, 0.15) is 8.07 Å². The monoisotopic (exact) mass is 781 g/mol. The minimum atomic E-state index is -5.95. The Morgan fingerprint density at radius 3 is 2.24 bits per heavy atom. The van der Waals surface area contributed by atoms with Crippen LogP contribution < -0.4 is 4.18 Å². The second kappa shape index (κ2) is 18.4. The van der Waals surface area contributed by atoms with Crippen LogP contribution in [0.1, 0.15) is 73.6 Å². The standard InChI is InChI=1S/C35H58F3NO9SSi2/c1-24(2)51(25(3)4,26(5)6)48-31(18-27(7)15-16-29(43-8)14-13-17-50(10,11)12)30-19-28(22-40)20-34(44-9,46-30)21-32-39-33(23-45-32)47-49(41,42)35(36,37)38/h15-16,18,23-26,28-31,40H,14,19-22H2,1-12H3/b16-15+,27-18+/t28-,29-,30-,31-,34+/m1/s1. The smallest absolute Gasteiger partial charge is 0.445 e. The van der Waals surface area contributed by atoms with Gasteiger partial charge in [-0.1, -0.05) is 85.0 Å². The van der Waals surface area contributed by atoms with Gasteiger partial charge in [-0.15, -0.1) is 11.5 Å². The van der Waals surface area contributed by atoms with Crippen molar-refractivity contribution in [3.8, 4) is 17.3 Å². The van der Waals surface area contributed by atoms with Crippen LogP contribution in [0.15, 0.2) is 34.5 Å². The minimum Gasteiger partial charge on any atom is -0.445 e. The van der Waals surface area contributed by atoms with E-state index in [2.05, 4.69) is 81.8 Å². The predicted octanol–water partition coefficient (Wildman–Crippen LogP) is 7.92. The van der Waals surface area contributed by atoms with Crippen LogP contribution in [0.2, 0.25) is 36.3 Å². The SMILES string of the molecule is CO[C@@H](/C=C/C(C)=C/[C@@H](O[Si](C(C)C)(C(C)C)C(C)C)[C@H]1C[C@@H](CO)C[C@](Cc2nc(OS(=O)(=O)C(F)(F)F)co2)(OC)O1)CC#C[Si](C)(C)C. The number of alkyl halides is 3. The van der Waals surface area contributed by atoms with E-state index in [1.165, 1.54) is 7.11 Å². The first-order chi connectivity index (χ1) is 23.4. The molecule has 16 heteroatoms. The van der Waals surface area contributed by atoms with E-state index in [4.69, 9.17) is 23.1 Å². The maximum atomic E-state index is 12.9. The second-order valence-corrected chi connectivity index (χ2v) is 26.9. The highest BCUT2D eigenvalue weighted by Crippen LogP contribution is 2.46. The van der Waals surface area contributed by atoms with Crippen molar-refractivity contribution in [2.75, 3.05) is 20.8 Å². The molecule has 10 nitrogen and oxygen atoms in total. The minimum absolute atomic E-state index is 0.174. The lowest BCUT2D eigenvalue weighted by Crippen LogP contribution is -2.56. The molecule has 0 aromatic carbocycles. The Bertz CT molecular complexity index is 1470. The summed E-state index contributed by atoms with van der Waals surface area (Å²) in [6.45, 7) is 21.4. The number of oxazole rings is 1. The summed E-state index contributed by atoms with van der Waals surface area (Å²) in [5.74, 6) is 0.447. The van der Waals surface area contributed by atoms with E-state index in [-0.39, 0.29) is 54.0 Å². The summed E-state index contributed by atoms with van der Waals surface area (Å²) in [5.41, 5.74) is -0.635. The van der Waals surface area contributed by atoms with Crippen molar-refractivity contribution in [3.05, 3.63) is 36.0 Å². The molecule has 2 heterocycles. The molecule has 0 spiro atoms. The number of allylic oxidation sites excluding steroid dienone is 2. The molecule has 0 saturated carbocycles. The van der Waals surface area contributed by atoms with E-state index in [1.807, 2.05) is 25.2 Å². The second-order valence-electron chi connectivity index (χ2n) is 15.2. The van der Waals surface area contributed by atoms with Gasteiger partial charge in [0.15, 0.2) is 12.1 Å². The number of nitrogens with zero attached hydrogens (tertiary/aromatic N) is 1. The normalized spacial score (nSPS) is 22.5. The number of aromatic nitrogens is 1. The van der Waals surface area contributed by atoms with Crippen molar-refractivity contribution in [2.24, 2.45) is 5.92 Å². The van der Waals surface area contributed by atoms with Crippen molar-refractivity contribution in [1.82, 2.24) is 4.98 Å². The number of halogens is 3. The summed E-state index contributed by atoms with van der Waals surface area (Å²) in [6.07, 6.45) is 6.20. The number of hydrogen-bond donors (Lipinski definition) is 1. The van der Waals surface area contributed by atoms with E-state index in [1.54, 1.807) is 7.11 Å². The number of methoxy groups -OCH3 is 2. The largest absolute Gasteiger partial charge is 0.534 e. The van der Waals surface area contributed by atoms with Crippen molar-refractivity contribution >= 4 is 26.5 Å². The van der Waals surface area contributed by atoms with Gasteiger partial charge in [0.2, 0.25) is 14.2 Å². The molecule has 0 amide bonds. The number of hydrogen-bond acceptors (Lipinski definition) is 10. The fraction of sp³-hybridized carbons (Fsp3) is 0.743. The molecule has 2 rings (SSSR count). The molecule has 0 aliphatic carbocycles. The van der Waals surface area contributed by atoms with Gasteiger partial charge in [0.25, 0.3) is 5.88 Å². The summed E-state index contributed by atoms with van der Waals surface area (Å²) in [4.78, 5) is 3.82. The highest BCUT2D eigenvalue weighted by Gasteiger charge is 2.51. The molecule has 1 aromatic rings. The highest BCUT2D eigenvalue weighted by atomic mass is 32.2. The molecule has 1 aromatic heterocycles. The average molecular weight is 782 g/mol. The van der Waals surface area contributed by atoms with Gasteiger partial charge in [0, 0.05) is 33.7 Å². The van der Waals surface area contributed by atoms with Crippen LogP contribution in [0.4, 0.5) is 13.2 Å². The maximum absolute atomic E-state index is 12.9. The van der Waals surface area contributed by atoms with Crippen LogP contribution in [-0.2, 0) is 35.2 Å². The quantitative estimate of drug-likeness (QED) is 0.0548. The molecule has 1 aliphatic heterocycles. The van der Waals surface area contributed by atoms with Crippen LogP contribution in [0.5, 0.6) is 5.88 Å². The number of rotatable bonds is 17. The van der Waals surface area contributed by atoms with E-state index >= 15 is 0 Å². The fourth-order valence-corrected chi connectivity index (χ4v) is 13.3. The lowest BCUT2D eigenvalue weighted by Gasteiger charge is -2.49. The average Bonchev–Trinajstić information content (AvgIpc) is 3.44. The highest BCUT2D eigenvalue weighted by molar-refractivity contribution is 7.87. The number of aliphatic hydroxyl groups excluding tert-OH is 1. The van der Waals surface area contributed by atoms with Gasteiger partial charge < -0.3 is 32.3 Å². The van der Waals surface area contributed by atoms with E-state index in [0.717, 1.165) is 5.57 Å². The third kappa shape index (κ3) is 12.6. The summed E-state index contributed by atoms with van der Waals surface area (Å²) >= 11 is 0. The molecular weight excluding hydrogens is 724 g/mol. The van der Waals surface area contributed by atoms with Crippen LogP contribution in [-0.4, -0.2) is 85.3 Å². The molecule has 1 aliphatic rings. The lowest BCUT2D eigenvalue weighted by atomic mass is 9.86. The topological polar surface area (TPSA) is 127 Å². The Morgan fingerprint density at radius 1 is 1.14 bits per heavy atom. The Balaban J connectivity index is 2.57. The third-order valence-electron chi connectivity index (χ3n) is 9.08. The van der Waals surface area contributed by atoms with E-state index in [9.17, 15) is 26.7 Å². The van der Waals surface area contributed by atoms with Gasteiger partial charge in [-0.3, -0.25) is 0 Å². The van der Waals surface area contributed by atoms with Gasteiger partial charge in [-0.05, 0) is 35.9 Å². The molecule has 0 bridgehead atoms. The molecule has 292 valence electrons. The predicted molar refractivity (Wildman–Crippen MR) is 196 cm³/mol. The zero-order valence-electron chi connectivity index (χ0n) is 32.1. The fourth-order valence-electron chi connectivity index (χ4n) is 6.77. The Hall–Kier alpha value is -1.98. The summed E-state index contributed by atoms with van der Waals surface area (Å²) in [5, 5.41) is 10.4. The molecular formula is C35H58F3NO9SSi2. The first-order valence-corrected chi connectivity index (χ1v) is 24.3. The first kappa shape index (κ1) is 45.2. The zero-order chi connectivity index (χ0) is 39.0. The van der Waals surface area contributed by atoms with Crippen molar-refractivity contribution in [3.63, 3.8) is 0 Å². The van der Waals surface area contributed by atoms with Crippen LogP contribution in [0, 0.1) is 17.4 Å². The Morgan fingerprint density at radius 2 is 1.75 bits per heavy atom. The third-order valence-corrected chi connectivity index (χ3v) is 17.1. The van der Waals surface area contributed by atoms with Crippen molar-refractivity contribution in [1.29, 1.82) is 0 Å². The molecule has 51 heavy (non-hydrogen) atoms. The van der Waals surface area contributed by atoms with E-state index in [0.29, 0.717) is 19.1 Å². The molecule has 5 atom stereocenters. The Kier molecular flexibility index (Phi) is 16.3. The van der Waals surface area contributed by atoms with E-state index < -0.39 is 55.9 Å². The van der Waals surface area contributed by atoms with Gasteiger partial charge in [-0.2, -0.15) is 26.6 Å². The molecule has 0 unspecified atom stereocenters. The summed E-state index contributed by atoms with van der Waals surface area (Å²) in [7, 11) is -6.93. The molecule has 1 saturated heterocycles. The maximum Gasteiger partial charge on any atom is 0.534 e. The molecule has 0 radical (unpaired) electrons. The first-order valence-electron chi connectivity index (χ1n) is 17.3. The Labute approximate surface area is 304 Å². The summed E-state index contributed by atoms with van der Waals surface area (Å²) in [6, 6.07) is 0. The van der Waals surface area contributed by atoms with Crippen LogP contribution >= 0.6 is 0 Å². The molecule has 1 N–H and O–H groups in total. The van der Waals surface area contributed by atoms with Gasteiger partial charge in [0.05, 0.1) is 24.7 Å². The van der Waals surface area contributed by atoms with Crippen LogP contribution in [0.25, 0.3) is 0 Å². The zero-order valence-corrected chi connectivity index (χ0v) is 34.9. The van der Waals surface area contributed by atoms with Gasteiger partial charge in [-0.25, -0.2) is 0 Å². The van der Waals surface area contributed by atoms with Crippen LogP contribution in [0.3, 0.4) is 0 Å². The number of aliphatic hydroxyl groups is 1. The van der Waals surface area contributed by atoms with Crippen molar-refractivity contribution in [2.45, 2.75) is 140 Å². The summed E-state index contributed by atoms with van der Waals surface area (Å²) < 4.78 is 96.9.